The van der Waals surface area contributed by atoms with Crippen LogP contribution in [0.4, 0.5) is 0 Å². The zero-order valence-electron chi connectivity index (χ0n) is 9.94. The van der Waals surface area contributed by atoms with Gasteiger partial charge in [-0.1, -0.05) is 5.16 Å². The number of likely N-dealkylation sites (tertiary alicyclic amines) is 1. The molecule has 1 saturated heterocycles. The Kier molecular flexibility index (Phi) is 3.25. The second kappa shape index (κ2) is 4.51. The van der Waals surface area contributed by atoms with Crippen LogP contribution in [0.25, 0.3) is 0 Å². The first kappa shape index (κ1) is 11.5. The fraction of sp³-hybridized carbons (Fsp3) is 0.818. The molecular weight excluding hydrogens is 206 g/mol. The van der Waals surface area contributed by atoms with Gasteiger partial charge in [-0.25, -0.2) is 0 Å². The SMILES string of the molecule is Cc1noc([C@]2(C)CCCN(CCO)C2)n1. The molecule has 0 spiro atoms. The van der Waals surface area contributed by atoms with Crippen LogP contribution in [0.15, 0.2) is 4.52 Å². The van der Waals surface area contributed by atoms with Crippen molar-refractivity contribution in [3.8, 4) is 0 Å². The Balaban J connectivity index is 2.11. The molecule has 1 aliphatic heterocycles. The van der Waals surface area contributed by atoms with Crippen molar-refractivity contribution < 1.29 is 9.63 Å². The lowest BCUT2D eigenvalue weighted by molar-refractivity contribution is 0.109. The molecule has 2 heterocycles. The van der Waals surface area contributed by atoms with Gasteiger partial charge in [-0.3, -0.25) is 4.90 Å². The lowest BCUT2D eigenvalue weighted by Crippen LogP contribution is -2.45. The maximum absolute atomic E-state index is 8.97. The number of aliphatic hydroxyl groups is 1. The average Bonchev–Trinajstić information content (AvgIpc) is 2.66. The quantitative estimate of drug-likeness (QED) is 0.821. The van der Waals surface area contributed by atoms with Gasteiger partial charge in [-0.05, 0) is 33.2 Å². The molecule has 5 heteroatoms. The van der Waals surface area contributed by atoms with E-state index in [0.717, 1.165) is 38.4 Å². The van der Waals surface area contributed by atoms with Crippen LogP contribution in [-0.2, 0) is 5.41 Å². The zero-order chi connectivity index (χ0) is 11.6. The number of hydrogen-bond donors (Lipinski definition) is 1. The first-order valence-corrected chi connectivity index (χ1v) is 5.78. The Morgan fingerprint density at radius 3 is 3.00 bits per heavy atom. The molecule has 0 saturated carbocycles. The van der Waals surface area contributed by atoms with Crippen molar-refractivity contribution in [1.29, 1.82) is 0 Å². The van der Waals surface area contributed by atoms with Crippen LogP contribution in [0, 0.1) is 6.92 Å². The van der Waals surface area contributed by atoms with Gasteiger partial charge in [-0.15, -0.1) is 0 Å². The highest BCUT2D eigenvalue weighted by atomic mass is 16.5. The summed E-state index contributed by atoms with van der Waals surface area (Å²) in [5.74, 6) is 1.42. The number of nitrogens with zero attached hydrogens (tertiary/aromatic N) is 3. The third-order valence-corrected chi connectivity index (χ3v) is 3.24. The topological polar surface area (TPSA) is 62.4 Å². The zero-order valence-corrected chi connectivity index (χ0v) is 9.94. The van der Waals surface area contributed by atoms with Gasteiger partial charge < -0.3 is 9.63 Å². The van der Waals surface area contributed by atoms with E-state index in [1.165, 1.54) is 0 Å². The number of aromatic nitrogens is 2. The van der Waals surface area contributed by atoms with Crippen molar-refractivity contribution in [3.63, 3.8) is 0 Å². The van der Waals surface area contributed by atoms with Gasteiger partial charge in [0.15, 0.2) is 5.82 Å². The van der Waals surface area contributed by atoms with Crippen LogP contribution >= 0.6 is 0 Å². The van der Waals surface area contributed by atoms with Gasteiger partial charge in [-0.2, -0.15) is 4.98 Å². The van der Waals surface area contributed by atoms with Crippen molar-refractivity contribution >= 4 is 0 Å². The van der Waals surface area contributed by atoms with E-state index in [0.29, 0.717) is 5.82 Å². The van der Waals surface area contributed by atoms with Crippen LogP contribution in [0.3, 0.4) is 0 Å². The van der Waals surface area contributed by atoms with E-state index in [1.54, 1.807) is 0 Å². The standard InChI is InChI=1S/C11H19N3O2/c1-9-12-10(16-13-9)11(2)4-3-5-14(8-11)6-7-15/h15H,3-8H2,1-2H3/t11-/m1/s1. The molecule has 1 aromatic rings. The van der Waals surface area contributed by atoms with Gasteiger partial charge in [0.2, 0.25) is 5.89 Å². The molecule has 0 unspecified atom stereocenters. The van der Waals surface area contributed by atoms with E-state index in [-0.39, 0.29) is 12.0 Å². The van der Waals surface area contributed by atoms with E-state index >= 15 is 0 Å². The third kappa shape index (κ3) is 2.25. The van der Waals surface area contributed by atoms with Gasteiger partial charge in [0, 0.05) is 13.1 Å². The Morgan fingerprint density at radius 1 is 1.56 bits per heavy atom. The summed E-state index contributed by atoms with van der Waals surface area (Å²) in [4.78, 5) is 6.59. The van der Waals surface area contributed by atoms with Crippen LogP contribution in [-0.4, -0.2) is 46.4 Å². The molecule has 1 atom stereocenters. The molecule has 90 valence electrons. The molecule has 0 aliphatic carbocycles. The summed E-state index contributed by atoms with van der Waals surface area (Å²) in [5, 5.41) is 12.8. The average molecular weight is 225 g/mol. The number of rotatable bonds is 3. The van der Waals surface area contributed by atoms with Crippen molar-refractivity contribution in [2.45, 2.75) is 32.1 Å². The number of piperidine rings is 1. The molecule has 1 fully saturated rings. The summed E-state index contributed by atoms with van der Waals surface area (Å²) >= 11 is 0. The molecule has 0 bridgehead atoms. The Labute approximate surface area is 95.4 Å². The number of β-amino-alcohol motifs (C(OH)–C–C–N with tert-alkyl or cyclic N) is 1. The molecule has 0 aromatic carbocycles. The highest BCUT2D eigenvalue weighted by Gasteiger charge is 2.37. The van der Waals surface area contributed by atoms with E-state index in [2.05, 4.69) is 22.0 Å². The summed E-state index contributed by atoms with van der Waals surface area (Å²) in [6.07, 6.45) is 2.18. The molecule has 1 aromatic heterocycles. The fourth-order valence-electron chi connectivity index (χ4n) is 2.39. The van der Waals surface area contributed by atoms with Gasteiger partial charge in [0.25, 0.3) is 0 Å². The minimum Gasteiger partial charge on any atom is -0.395 e. The summed E-state index contributed by atoms with van der Waals surface area (Å²) in [6, 6.07) is 0. The van der Waals surface area contributed by atoms with Crippen LogP contribution in [0.1, 0.15) is 31.5 Å². The minimum absolute atomic E-state index is 0.0608. The Hall–Kier alpha value is -0.940. The highest BCUT2D eigenvalue weighted by molar-refractivity contribution is 5.06. The second-order valence-corrected chi connectivity index (χ2v) is 4.81. The van der Waals surface area contributed by atoms with Crippen LogP contribution in [0.2, 0.25) is 0 Å². The second-order valence-electron chi connectivity index (χ2n) is 4.81. The van der Waals surface area contributed by atoms with E-state index in [4.69, 9.17) is 9.63 Å². The minimum atomic E-state index is -0.0608. The Morgan fingerprint density at radius 2 is 2.38 bits per heavy atom. The Bertz CT molecular complexity index is 351. The lowest BCUT2D eigenvalue weighted by Gasteiger charge is -2.37. The molecule has 2 rings (SSSR count). The number of aliphatic hydroxyl groups excluding tert-OH is 1. The summed E-state index contributed by atoms with van der Waals surface area (Å²) in [7, 11) is 0. The summed E-state index contributed by atoms with van der Waals surface area (Å²) in [5.41, 5.74) is -0.0608. The highest BCUT2D eigenvalue weighted by Crippen LogP contribution is 2.32. The molecule has 1 aliphatic rings. The monoisotopic (exact) mass is 225 g/mol. The molecular formula is C11H19N3O2. The van der Waals surface area contributed by atoms with Crippen LogP contribution in [0.5, 0.6) is 0 Å². The first-order chi connectivity index (χ1) is 7.64. The van der Waals surface area contributed by atoms with Gasteiger partial charge in [0.05, 0.1) is 12.0 Å². The van der Waals surface area contributed by atoms with Crippen molar-refractivity contribution in [2.75, 3.05) is 26.2 Å². The van der Waals surface area contributed by atoms with E-state index in [9.17, 15) is 0 Å². The molecule has 1 N–H and O–H groups in total. The molecule has 16 heavy (non-hydrogen) atoms. The van der Waals surface area contributed by atoms with Crippen LogP contribution < -0.4 is 0 Å². The summed E-state index contributed by atoms with van der Waals surface area (Å²) < 4.78 is 5.28. The molecule has 0 radical (unpaired) electrons. The first-order valence-electron chi connectivity index (χ1n) is 5.78. The number of hydrogen-bond acceptors (Lipinski definition) is 5. The number of aryl methyl sites for hydroxylation is 1. The smallest absolute Gasteiger partial charge is 0.233 e. The third-order valence-electron chi connectivity index (χ3n) is 3.24. The van der Waals surface area contributed by atoms with Crippen molar-refractivity contribution in [3.05, 3.63) is 11.7 Å². The van der Waals surface area contributed by atoms with Crippen molar-refractivity contribution in [2.24, 2.45) is 0 Å². The van der Waals surface area contributed by atoms with Gasteiger partial charge >= 0.3 is 0 Å². The van der Waals surface area contributed by atoms with Crippen molar-refractivity contribution in [1.82, 2.24) is 15.0 Å². The summed E-state index contributed by atoms with van der Waals surface area (Å²) in [6.45, 7) is 6.86. The van der Waals surface area contributed by atoms with Gasteiger partial charge in [0.1, 0.15) is 0 Å². The normalized spacial score (nSPS) is 27.2. The fourth-order valence-corrected chi connectivity index (χ4v) is 2.39. The van der Waals surface area contributed by atoms with E-state index in [1.807, 2.05) is 6.92 Å². The largest absolute Gasteiger partial charge is 0.395 e. The molecule has 5 nitrogen and oxygen atoms in total. The maximum Gasteiger partial charge on any atom is 0.233 e. The predicted octanol–water partition coefficient (Wildman–Crippen LogP) is 0.724. The maximum atomic E-state index is 8.97. The predicted molar refractivity (Wildman–Crippen MR) is 59.1 cm³/mol. The molecule has 0 amide bonds. The van der Waals surface area contributed by atoms with E-state index < -0.39 is 0 Å². The lowest BCUT2D eigenvalue weighted by atomic mass is 9.81.